The molecule has 3 N–H and O–H groups in total. The predicted molar refractivity (Wildman–Crippen MR) is 109 cm³/mol. The second-order valence-electron chi connectivity index (χ2n) is 6.49. The van der Waals surface area contributed by atoms with Gasteiger partial charge in [0.05, 0.1) is 18.8 Å². The van der Waals surface area contributed by atoms with Crippen molar-refractivity contribution in [2.24, 2.45) is 0 Å². The molecule has 0 spiro atoms. The van der Waals surface area contributed by atoms with Crippen LogP contribution in [0.1, 0.15) is 19.4 Å². The molecule has 0 aliphatic rings. The molecule has 0 bridgehead atoms. The molecule has 8 heteroatoms. The van der Waals surface area contributed by atoms with Crippen molar-refractivity contribution in [3.8, 4) is 5.75 Å². The van der Waals surface area contributed by atoms with E-state index >= 15 is 0 Å². The first kappa shape index (κ1) is 19.7. The fourth-order valence-corrected chi connectivity index (χ4v) is 2.71. The Labute approximate surface area is 166 Å². The van der Waals surface area contributed by atoms with Crippen LogP contribution >= 0.6 is 11.6 Å². The average molecular weight is 403 g/mol. The van der Waals surface area contributed by atoms with Crippen molar-refractivity contribution in [1.82, 2.24) is 9.55 Å². The molecule has 0 saturated heterocycles. The molecule has 28 heavy (non-hydrogen) atoms. The van der Waals surface area contributed by atoms with Crippen molar-refractivity contribution < 1.29 is 9.13 Å². The van der Waals surface area contributed by atoms with Crippen molar-refractivity contribution in [2.75, 3.05) is 11.1 Å². The molecule has 6 nitrogen and oxygen atoms in total. The van der Waals surface area contributed by atoms with E-state index in [1.54, 1.807) is 30.3 Å². The molecular weight excluding hydrogens is 383 g/mol. The number of nitrogens with one attached hydrogen (secondary N) is 1. The lowest BCUT2D eigenvalue weighted by molar-refractivity contribution is 0.231. The average Bonchev–Trinajstić information content (AvgIpc) is 2.65. The number of benzene rings is 2. The number of anilines is 3. The van der Waals surface area contributed by atoms with Crippen LogP contribution in [0.5, 0.6) is 5.75 Å². The smallest absolute Gasteiger partial charge is 0.278 e. The van der Waals surface area contributed by atoms with Gasteiger partial charge in [-0.1, -0.05) is 23.7 Å². The van der Waals surface area contributed by atoms with E-state index in [1.807, 2.05) is 13.8 Å². The van der Waals surface area contributed by atoms with Gasteiger partial charge in [0, 0.05) is 16.8 Å². The minimum Gasteiger partial charge on any atom is -0.488 e. The zero-order valence-electron chi connectivity index (χ0n) is 15.4. The zero-order valence-corrected chi connectivity index (χ0v) is 16.2. The first-order chi connectivity index (χ1) is 13.3. The summed E-state index contributed by atoms with van der Waals surface area (Å²) in [4.78, 5) is 16.7. The molecule has 1 aromatic heterocycles. The molecule has 2 aromatic carbocycles. The van der Waals surface area contributed by atoms with Gasteiger partial charge in [0.15, 0.2) is 11.6 Å². The maximum absolute atomic E-state index is 14.3. The lowest BCUT2D eigenvalue weighted by Crippen LogP contribution is -2.26. The Morgan fingerprint density at radius 2 is 1.96 bits per heavy atom. The fourth-order valence-electron chi connectivity index (χ4n) is 2.58. The highest BCUT2D eigenvalue weighted by molar-refractivity contribution is 6.30. The second-order valence-corrected chi connectivity index (χ2v) is 6.93. The van der Waals surface area contributed by atoms with E-state index in [1.165, 1.54) is 22.9 Å². The minimum absolute atomic E-state index is 0.0198. The van der Waals surface area contributed by atoms with Crippen LogP contribution in [0, 0.1) is 5.82 Å². The SMILES string of the molecule is CC(C)Oc1ccc(Nc2ncc(N)c(=O)n2Cc2ccc(Cl)cc2)cc1F. The Balaban J connectivity index is 1.92. The second kappa shape index (κ2) is 8.31. The van der Waals surface area contributed by atoms with E-state index in [-0.39, 0.29) is 30.0 Å². The van der Waals surface area contributed by atoms with Crippen LogP contribution in [0.3, 0.4) is 0 Å². The summed E-state index contributed by atoms with van der Waals surface area (Å²) >= 11 is 5.91. The molecule has 0 fully saturated rings. The maximum atomic E-state index is 14.3. The highest BCUT2D eigenvalue weighted by atomic mass is 35.5. The Morgan fingerprint density at radius 3 is 2.61 bits per heavy atom. The summed E-state index contributed by atoms with van der Waals surface area (Å²) in [7, 11) is 0. The molecule has 0 aliphatic heterocycles. The third-order valence-corrected chi connectivity index (χ3v) is 4.13. The monoisotopic (exact) mass is 402 g/mol. The van der Waals surface area contributed by atoms with Crippen LogP contribution in [0.4, 0.5) is 21.7 Å². The van der Waals surface area contributed by atoms with Crippen molar-refractivity contribution >= 4 is 28.9 Å². The molecule has 1 heterocycles. The van der Waals surface area contributed by atoms with Crippen molar-refractivity contribution in [1.29, 1.82) is 0 Å². The van der Waals surface area contributed by atoms with Gasteiger partial charge >= 0.3 is 0 Å². The number of aromatic nitrogens is 2. The lowest BCUT2D eigenvalue weighted by Gasteiger charge is -2.15. The molecule has 0 amide bonds. The summed E-state index contributed by atoms with van der Waals surface area (Å²) in [5, 5.41) is 3.56. The summed E-state index contributed by atoms with van der Waals surface area (Å²) in [5.41, 5.74) is 6.62. The standard InChI is InChI=1S/C20H20ClFN4O2/c1-12(2)28-18-8-7-15(9-16(18)22)25-20-24-10-17(23)19(27)26(20)11-13-3-5-14(21)6-4-13/h3-10,12H,11,23H2,1-2H3,(H,24,25). The summed E-state index contributed by atoms with van der Waals surface area (Å²) < 4.78 is 21.0. The van der Waals surface area contributed by atoms with Gasteiger partial charge in [-0.3, -0.25) is 9.36 Å². The molecule has 3 rings (SSSR count). The summed E-state index contributed by atoms with van der Waals surface area (Å²) in [6, 6.07) is 11.5. The maximum Gasteiger partial charge on any atom is 0.278 e. The zero-order chi connectivity index (χ0) is 20.3. The van der Waals surface area contributed by atoms with Gasteiger partial charge < -0.3 is 15.8 Å². The highest BCUT2D eigenvalue weighted by Crippen LogP contribution is 2.24. The van der Waals surface area contributed by atoms with Crippen LogP contribution in [-0.2, 0) is 6.54 Å². The van der Waals surface area contributed by atoms with E-state index in [9.17, 15) is 9.18 Å². The number of halogens is 2. The van der Waals surface area contributed by atoms with Gasteiger partial charge in [-0.05, 0) is 43.7 Å². The van der Waals surface area contributed by atoms with Crippen molar-refractivity contribution in [2.45, 2.75) is 26.5 Å². The summed E-state index contributed by atoms with van der Waals surface area (Å²) in [6.07, 6.45) is 1.13. The molecule has 0 saturated carbocycles. The van der Waals surface area contributed by atoms with Crippen LogP contribution < -0.4 is 21.3 Å². The quantitative estimate of drug-likeness (QED) is 0.645. The number of hydrogen-bond acceptors (Lipinski definition) is 5. The van der Waals surface area contributed by atoms with E-state index in [4.69, 9.17) is 22.1 Å². The van der Waals surface area contributed by atoms with Gasteiger partial charge in [-0.2, -0.15) is 0 Å². The van der Waals surface area contributed by atoms with E-state index in [2.05, 4.69) is 10.3 Å². The van der Waals surface area contributed by atoms with Crippen LogP contribution in [0.2, 0.25) is 5.02 Å². The molecule has 0 unspecified atom stereocenters. The molecule has 0 atom stereocenters. The van der Waals surface area contributed by atoms with Crippen LogP contribution in [0.25, 0.3) is 0 Å². The van der Waals surface area contributed by atoms with Gasteiger partial charge in [0.1, 0.15) is 5.69 Å². The number of nitrogens with zero attached hydrogens (tertiary/aromatic N) is 2. The number of nitrogens with two attached hydrogens (primary N) is 1. The van der Waals surface area contributed by atoms with Gasteiger partial charge in [-0.25, -0.2) is 9.37 Å². The Hall–Kier alpha value is -3.06. The molecule has 0 radical (unpaired) electrons. The third-order valence-electron chi connectivity index (χ3n) is 3.88. The third kappa shape index (κ3) is 4.61. The Kier molecular flexibility index (Phi) is 5.84. The topological polar surface area (TPSA) is 82.2 Å². The first-order valence-corrected chi connectivity index (χ1v) is 9.04. The van der Waals surface area contributed by atoms with Crippen LogP contribution in [-0.4, -0.2) is 15.7 Å². The highest BCUT2D eigenvalue weighted by Gasteiger charge is 2.12. The van der Waals surface area contributed by atoms with Gasteiger partial charge in [0.25, 0.3) is 5.56 Å². The Bertz CT molecular complexity index is 1040. The number of hydrogen-bond donors (Lipinski definition) is 2. The molecular formula is C20H20ClFN4O2. The molecule has 0 aliphatic carbocycles. The molecule has 146 valence electrons. The predicted octanol–water partition coefficient (Wildman–Crippen LogP) is 4.20. The fraction of sp³-hybridized carbons (Fsp3) is 0.200. The number of ether oxygens (including phenoxy) is 1. The van der Waals surface area contributed by atoms with E-state index in [0.29, 0.717) is 10.7 Å². The summed E-state index contributed by atoms with van der Waals surface area (Å²) in [5.74, 6) is -0.115. The normalized spacial score (nSPS) is 10.9. The van der Waals surface area contributed by atoms with Crippen molar-refractivity contribution in [3.05, 3.63) is 75.4 Å². The van der Waals surface area contributed by atoms with Gasteiger partial charge in [0.2, 0.25) is 5.95 Å². The van der Waals surface area contributed by atoms with Gasteiger partial charge in [-0.15, -0.1) is 0 Å². The van der Waals surface area contributed by atoms with Crippen LogP contribution in [0.15, 0.2) is 53.5 Å². The minimum atomic E-state index is -0.513. The van der Waals surface area contributed by atoms with Crippen molar-refractivity contribution in [3.63, 3.8) is 0 Å². The van der Waals surface area contributed by atoms with E-state index < -0.39 is 11.4 Å². The number of rotatable bonds is 6. The lowest BCUT2D eigenvalue weighted by atomic mass is 10.2. The number of nitrogen functional groups attached to an aromatic ring is 1. The summed E-state index contributed by atoms with van der Waals surface area (Å²) in [6.45, 7) is 3.87. The Morgan fingerprint density at radius 1 is 1.25 bits per heavy atom. The first-order valence-electron chi connectivity index (χ1n) is 8.66. The van der Waals surface area contributed by atoms with E-state index in [0.717, 1.165) is 5.56 Å². The largest absolute Gasteiger partial charge is 0.488 e. The molecule has 3 aromatic rings.